The fourth-order valence-corrected chi connectivity index (χ4v) is 6.89. The van der Waals surface area contributed by atoms with Gasteiger partial charge in [0.15, 0.2) is 11.5 Å². The second-order valence-electron chi connectivity index (χ2n) is 8.55. The number of aromatic nitrogens is 1. The van der Waals surface area contributed by atoms with Gasteiger partial charge in [-0.3, -0.25) is 4.79 Å². The molecule has 1 fully saturated rings. The Morgan fingerprint density at radius 1 is 0.971 bits per heavy atom. The highest BCUT2D eigenvalue weighted by Crippen LogP contribution is 2.37. The van der Waals surface area contributed by atoms with E-state index in [0.29, 0.717) is 19.1 Å². The van der Waals surface area contributed by atoms with Crippen LogP contribution in [0.4, 0.5) is 0 Å². The summed E-state index contributed by atoms with van der Waals surface area (Å²) < 4.78 is 11.4. The van der Waals surface area contributed by atoms with Crippen LogP contribution < -0.4 is 9.47 Å². The van der Waals surface area contributed by atoms with E-state index in [2.05, 4.69) is 11.4 Å². The lowest BCUT2D eigenvalue weighted by Crippen LogP contribution is -2.38. The fraction of sp³-hybridized carbons (Fsp3) is 0.259. The van der Waals surface area contributed by atoms with Gasteiger partial charge >= 0.3 is 0 Å². The molecule has 1 aromatic carbocycles. The molecular weight excluding hydrogens is 497 g/mol. The van der Waals surface area contributed by atoms with Crippen molar-refractivity contribution in [2.75, 3.05) is 26.3 Å². The number of likely N-dealkylation sites (tertiary alicyclic amines) is 1. The number of piperidine rings is 1. The highest BCUT2D eigenvalue weighted by atomic mass is 32.1. The molecular formula is C27H24N2O3S3. The lowest BCUT2D eigenvalue weighted by Gasteiger charge is -2.31. The van der Waals surface area contributed by atoms with Crippen molar-refractivity contribution in [3.05, 3.63) is 73.4 Å². The molecule has 0 aliphatic carbocycles. The lowest BCUT2D eigenvalue weighted by atomic mass is 9.96. The molecule has 0 bridgehead atoms. The van der Waals surface area contributed by atoms with Crippen LogP contribution >= 0.6 is 34.0 Å². The highest BCUT2D eigenvalue weighted by Gasteiger charge is 2.28. The number of thiophene rings is 2. The van der Waals surface area contributed by atoms with Gasteiger partial charge in [0.25, 0.3) is 5.91 Å². The van der Waals surface area contributed by atoms with Crippen molar-refractivity contribution >= 4 is 51.6 Å². The quantitative estimate of drug-likeness (QED) is 0.277. The Morgan fingerprint density at radius 2 is 1.77 bits per heavy atom. The summed E-state index contributed by atoms with van der Waals surface area (Å²) in [4.78, 5) is 22.6. The normalized spacial score (nSPS) is 16.5. The number of rotatable bonds is 5. The third-order valence-corrected chi connectivity index (χ3v) is 9.07. The summed E-state index contributed by atoms with van der Waals surface area (Å²) in [6, 6.07) is 14.1. The molecule has 0 spiro atoms. The Morgan fingerprint density at radius 3 is 2.54 bits per heavy atom. The summed E-state index contributed by atoms with van der Waals surface area (Å²) in [6.45, 7) is 2.66. The van der Waals surface area contributed by atoms with E-state index in [1.54, 1.807) is 34.0 Å². The van der Waals surface area contributed by atoms with Crippen molar-refractivity contribution in [1.29, 1.82) is 0 Å². The smallest absolute Gasteiger partial charge is 0.255 e. The van der Waals surface area contributed by atoms with Crippen molar-refractivity contribution in [2.45, 2.75) is 18.8 Å². The van der Waals surface area contributed by atoms with Crippen molar-refractivity contribution in [2.24, 2.45) is 0 Å². The third kappa shape index (κ3) is 4.78. The molecule has 0 N–H and O–H groups in total. The van der Waals surface area contributed by atoms with E-state index >= 15 is 0 Å². The highest BCUT2D eigenvalue weighted by molar-refractivity contribution is 7.12. The van der Waals surface area contributed by atoms with E-state index in [4.69, 9.17) is 14.5 Å². The Hall–Kier alpha value is -2.94. The number of fused-ring (bicyclic) bond motifs is 1. The van der Waals surface area contributed by atoms with Gasteiger partial charge in [-0.05, 0) is 60.0 Å². The van der Waals surface area contributed by atoms with E-state index in [1.807, 2.05) is 58.1 Å². The first-order valence-electron chi connectivity index (χ1n) is 11.7. The first kappa shape index (κ1) is 22.5. The van der Waals surface area contributed by atoms with Crippen LogP contribution in [0.25, 0.3) is 22.9 Å². The fourth-order valence-electron chi connectivity index (χ4n) is 4.50. The first-order valence-corrected chi connectivity index (χ1v) is 14.3. The second kappa shape index (κ2) is 9.97. The van der Waals surface area contributed by atoms with Crippen LogP contribution in [0.2, 0.25) is 0 Å². The molecule has 4 aromatic rings. The second-order valence-corrected chi connectivity index (χ2v) is 11.4. The van der Waals surface area contributed by atoms with Crippen molar-refractivity contribution in [3.63, 3.8) is 0 Å². The summed E-state index contributed by atoms with van der Waals surface area (Å²) >= 11 is 4.98. The first-order chi connectivity index (χ1) is 17.2. The molecule has 5 heterocycles. The van der Waals surface area contributed by atoms with Gasteiger partial charge in [0, 0.05) is 39.7 Å². The van der Waals surface area contributed by atoms with Gasteiger partial charge in [-0.15, -0.1) is 34.0 Å². The zero-order valence-corrected chi connectivity index (χ0v) is 21.5. The minimum Gasteiger partial charge on any atom is -0.486 e. The molecule has 3 aromatic heterocycles. The molecule has 5 nitrogen and oxygen atoms in total. The Balaban J connectivity index is 1.14. The van der Waals surface area contributed by atoms with Gasteiger partial charge in [-0.2, -0.15) is 0 Å². The summed E-state index contributed by atoms with van der Waals surface area (Å²) in [5, 5.41) is 7.34. The molecule has 6 rings (SSSR count). The number of nitrogens with zero attached hydrogens (tertiary/aromatic N) is 2. The van der Waals surface area contributed by atoms with Crippen LogP contribution in [0.15, 0.2) is 58.6 Å². The number of benzene rings is 1. The zero-order valence-electron chi connectivity index (χ0n) is 19.0. The van der Waals surface area contributed by atoms with Gasteiger partial charge in [0.1, 0.15) is 13.2 Å². The number of ether oxygens (including phenoxy) is 2. The number of carbonyl (C=O) groups excluding carboxylic acids is 1. The summed E-state index contributed by atoms with van der Waals surface area (Å²) in [5.74, 6) is 2.08. The molecule has 2 aliphatic rings. The van der Waals surface area contributed by atoms with Crippen LogP contribution in [0.1, 0.15) is 33.5 Å². The van der Waals surface area contributed by atoms with Crippen LogP contribution in [-0.2, 0) is 4.79 Å². The van der Waals surface area contributed by atoms with Crippen LogP contribution in [-0.4, -0.2) is 42.1 Å². The van der Waals surface area contributed by atoms with Crippen LogP contribution in [0.5, 0.6) is 11.5 Å². The third-order valence-electron chi connectivity index (χ3n) is 6.34. The molecule has 0 atom stereocenters. The van der Waals surface area contributed by atoms with Crippen LogP contribution in [0.3, 0.4) is 0 Å². The SMILES string of the molecule is O=C(C(=Cc1cccs1)c1cccs1)N1CCC(c2nc(-c3ccc4c(c3)OCCO4)cs2)CC1. The van der Waals surface area contributed by atoms with Gasteiger partial charge in [0.2, 0.25) is 0 Å². The maximum Gasteiger partial charge on any atom is 0.255 e. The van der Waals surface area contributed by atoms with Crippen LogP contribution in [0, 0.1) is 0 Å². The van der Waals surface area contributed by atoms with E-state index in [1.165, 1.54) is 0 Å². The Labute approximate surface area is 216 Å². The molecule has 0 unspecified atom stereocenters. The number of hydrogen-bond donors (Lipinski definition) is 0. The Kier molecular flexibility index (Phi) is 6.41. The zero-order chi connectivity index (χ0) is 23.6. The molecule has 1 amide bonds. The van der Waals surface area contributed by atoms with E-state index in [-0.39, 0.29) is 5.91 Å². The van der Waals surface area contributed by atoms with Gasteiger partial charge in [-0.1, -0.05) is 12.1 Å². The number of thiazole rings is 1. The van der Waals surface area contributed by atoms with Crippen molar-refractivity contribution < 1.29 is 14.3 Å². The molecule has 35 heavy (non-hydrogen) atoms. The molecule has 2 aliphatic heterocycles. The maximum atomic E-state index is 13.5. The van der Waals surface area contributed by atoms with Crippen molar-refractivity contribution in [1.82, 2.24) is 9.88 Å². The van der Waals surface area contributed by atoms with E-state index < -0.39 is 0 Å². The topological polar surface area (TPSA) is 51.7 Å². The molecule has 0 radical (unpaired) electrons. The van der Waals surface area contributed by atoms with E-state index in [0.717, 1.165) is 69.0 Å². The predicted molar refractivity (Wildman–Crippen MR) is 144 cm³/mol. The van der Waals surface area contributed by atoms with Crippen molar-refractivity contribution in [3.8, 4) is 22.8 Å². The maximum absolute atomic E-state index is 13.5. The lowest BCUT2D eigenvalue weighted by molar-refractivity contribution is -0.125. The Bertz CT molecular complexity index is 1330. The van der Waals surface area contributed by atoms with Gasteiger partial charge in [0.05, 0.1) is 16.3 Å². The van der Waals surface area contributed by atoms with Gasteiger partial charge in [-0.25, -0.2) is 4.98 Å². The molecule has 0 saturated carbocycles. The standard InChI is InChI=1S/C27H24N2O3S3/c30-27(21(25-4-2-14-34-25)16-20-3-1-13-33-20)29-9-7-18(8-10-29)26-28-22(17-35-26)19-5-6-23-24(15-19)32-12-11-31-23/h1-6,13-18H,7-12H2. The number of hydrogen-bond acceptors (Lipinski definition) is 7. The monoisotopic (exact) mass is 520 g/mol. The summed E-state index contributed by atoms with van der Waals surface area (Å²) in [5.41, 5.74) is 2.80. The largest absolute Gasteiger partial charge is 0.486 e. The molecule has 1 saturated heterocycles. The summed E-state index contributed by atoms with van der Waals surface area (Å²) in [7, 11) is 0. The van der Waals surface area contributed by atoms with Gasteiger partial charge < -0.3 is 14.4 Å². The average Bonchev–Trinajstić information content (AvgIpc) is 3.70. The minimum absolute atomic E-state index is 0.121. The number of amides is 1. The van der Waals surface area contributed by atoms with E-state index in [9.17, 15) is 4.79 Å². The average molecular weight is 521 g/mol. The number of carbonyl (C=O) groups is 1. The predicted octanol–water partition coefficient (Wildman–Crippen LogP) is 6.65. The summed E-state index contributed by atoms with van der Waals surface area (Å²) in [6.07, 6.45) is 3.89. The molecule has 178 valence electrons. The minimum atomic E-state index is 0.121. The molecule has 8 heteroatoms.